The minimum Gasteiger partial charge on any atom is -0.367 e. The first-order valence-corrected chi connectivity index (χ1v) is 8.92. The van der Waals surface area contributed by atoms with Crippen molar-refractivity contribution in [2.75, 3.05) is 23.3 Å². The molecule has 0 aromatic carbocycles. The molecule has 0 atom stereocenters. The zero-order chi connectivity index (χ0) is 16.4. The molecule has 0 unspecified atom stereocenters. The Morgan fingerprint density at radius 2 is 1.79 bits per heavy atom. The van der Waals surface area contributed by atoms with E-state index in [1.54, 1.807) is 12.7 Å². The fourth-order valence-electron chi connectivity index (χ4n) is 3.75. The lowest BCUT2D eigenvalue weighted by atomic mass is 9.95. The van der Waals surface area contributed by atoms with Crippen LogP contribution in [0, 0.1) is 6.92 Å². The van der Waals surface area contributed by atoms with E-state index in [0.29, 0.717) is 6.04 Å². The number of aromatic nitrogens is 4. The second-order valence-electron chi connectivity index (χ2n) is 6.78. The van der Waals surface area contributed by atoms with E-state index < -0.39 is 0 Å². The van der Waals surface area contributed by atoms with E-state index in [0.717, 1.165) is 50.3 Å². The first-order valence-electron chi connectivity index (χ1n) is 8.92. The standard InChI is InChI=1S/C18H24N6/c1-13-10-17(21-11-19-13)23-14-6-8-24(9-7-14)18-15-4-2-3-5-16(15)20-12-22-18/h10-12,14H,2-9H2,1H3,(H,19,21,23). The third kappa shape index (κ3) is 3.18. The summed E-state index contributed by atoms with van der Waals surface area (Å²) in [6.45, 7) is 4.06. The SMILES string of the molecule is Cc1cc(NC2CCN(c3ncnc4c3CCCC4)CC2)ncn1. The Hall–Kier alpha value is -2.24. The van der Waals surface area contributed by atoms with Crippen molar-refractivity contribution in [1.29, 1.82) is 0 Å². The van der Waals surface area contributed by atoms with Gasteiger partial charge in [0, 0.05) is 42.1 Å². The fourth-order valence-corrected chi connectivity index (χ4v) is 3.75. The van der Waals surface area contributed by atoms with Gasteiger partial charge in [0.2, 0.25) is 0 Å². The molecule has 2 aromatic rings. The first kappa shape index (κ1) is 15.3. The van der Waals surface area contributed by atoms with Crippen molar-refractivity contribution >= 4 is 11.6 Å². The van der Waals surface area contributed by atoms with Crippen LogP contribution in [0.2, 0.25) is 0 Å². The molecule has 126 valence electrons. The van der Waals surface area contributed by atoms with Crippen LogP contribution in [0.4, 0.5) is 11.6 Å². The summed E-state index contributed by atoms with van der Waals surface area (Å²) in [6.07, 6.45) is 10.3. The molecule has 1 aliphatic carbocycles. The first-order chi connectivity index (χ1) is 11.8. The second-order valence-corrected chi connectivity index (χ2v) is 6.78. The predicted octanol–water partition coefficient (Wildman–Crippen LogP) is 2.53. The van der Waals surface area contributed by atoms with Gasteiger partial charge in [-0.1, -0.05) is 0 Å². The average molecular weight is 324 g/mol. The zero-order valence-electron chi connectivity index (χ0n) is 14.2. The smallest absolute Gasteiger partial charge is 0.135 e. The number of anilines is 2. The quantitative estimate of drug-likeness (QED) is 0.936. The van der Waals surface area contributed by atoms with Crippen LogP contribution in [0.5, 0.6) is 0 Å². The summed E-state index contributed by atoms with van der Waals surface area (Å²) in [5.41, 5.74) is 3.65. The minimum absolute atomic E-state index is 0.466. The number of nitrogens with zero attached hydrogens (tertiary/aromatic N) is 5. The van der Waals surface area contributed by atoms with E-state index in [-0.39, 0.29) is 0 Å². The molecule has 6 heteroatoms. The lowest BCUT2D eigenvalue weighted by molar-refractivity contribution is 0.518. The van der Waals surface area contributed by atoms with Gasteiger partial charge >= 0.3 is 0 Å². The molecule has 1 aliphatic heterocycles. The predicted molar refractivity (Wildman–Crippen MR) is 94.3 cm³/mol. The molecule has 6 nitrogen and oxygen atoms in total. The van der Waals surface area contributed by atoms with Gasteiger partial charge < -0.3 is 10.2 Å². The largest absolute Gasteiger partial charge is 0.367 e. The minimum atomic E-state index is 0.466. The van der Waals surface area contributed by atoms with Crippen molar-refractivity contribution < 1.29 is 0 Å². The molecule has 1 saturated heterocycles. The summed E-state index contributed by atoms with van der Waals surface area (Å²) in [4.78, 5) is 20.0. The molecule has 2 aromatic heterocycles. The van der Waals surface area contributed by atoms with Gasteiger partial charge in [-0.25, -0.2) is 19.9 Å². The monoisotopic (exact) mass is 324 g/mol. The normalized spacial score (nSPS) is 18.3. The van der Waals surface area contributed by atoms with Crippen molar-refractivity contribution in [3.8, 4) is 0 Å². The van der Waals surface area contributed by atoms with E-state index in [1.807, 2.05) is 13.0 Å². The highest BCUT2D eigenvalue weighted by atomic mass is 15.2. The molecule has 0 spiro atoms. The Bertz CT molecular complexity index is 708. The van der Waals surface area contributed by atoms with Crippen LogP contribution in [0.3, 0.4) is 0 Å². The van der Waals surface area contributed by atoms with Gasteiger partial charge in [-0.15, -0.1) is 0 Å². The molecule has 3 heterocycles. The topological polar surface area (TPSA) is 66.8 Å². The van der Waals surface area contributed by atoms with Gasteiger partial charge in [-0.05, 0) is 45.4 Å². The summed E-state index contributed by atoms with van der Waals surface area (Å²) in [6, 6.07) is 2.47. The van der Waals surface area contributed by atoms with Crippen LogP contribution in [0.25, 0.3) is 0 Å². The molecular weight excluding hydrogens is 300 g/mol. The molecule has 0 bridgehead atoms. The summed E-state index contributed by atoms with van der Waals surface area (Å²) in [5, 5.41) is 3.55. The molecule has 0 radical (unpaired) electrons. The van der Waals surface area contributed by atoms with Gasteiger partial charge in [-0.2, -0.15) is 0 Å². The van der Waals surface area contributed by atoms with Crippen LogP contribution in [0.15, 0.2) is 18.7 Å². The van der Waals surface area contributed by atoms with Crippen LogP contribution >= 0.6 is 0 Å². The summed E-state index contributed by atoms with van der Waals surface area (Å²) in [7, 11) is 0. The Morgan fingerprint density at radius 1 is 1.00 bits per heavy atom. The van der Waals surface area contributed by atoms with Gasteiger partial charge in [0.15, 0.2) is 0 Å². The number of hydrogen-bond donors (Lipinski definition) is 1. The van der Waals surface area contributed by atoms with Gasteiger partial charge in [0.1, 0.15) is 24.3 Å². The number of fused-ring (bicyclic) bond motifs is 1. The molecule has 0 saturated carbocycles. The van der Waals surface area contributed by atoms with E-state index in [1.165, 1.54) is 29.9 Å². The zero-order valence-corrected chi connectivity index (χ0v) is 14.2. The van der Waals surface area contributed by atoms with Crippen molar-refractivity contribution in [3.63, 3.8) is 0 Å². The Balaban J connectivity index is 1.41. The summed E-state index contributed by atoms with van der Waals surface area (Å²) < 4.78 is 0. The Morgan fingerprint density at radius 3 is 2.62 bits per heavy atom. The van der Waals surface area contributed by atoms with Crippen molar-refractivity contribution in [1.82, 2.24) is 19.9 Å². The highest BCUT2D eigenvalue weighted by Gasteiger charge is 2.24. The number of hydrogen-bond acceptors (Lipinski definition) is 6. The molecular formula is C18H24N6. The Kier molecular flexibility index (Phi) is 4.28. The highest BCUT2D eigenvalue weighted by molar-refractivity contribution is 5.50. The Labute approximate surface area is 142 Å². The number of piperidine rings is 1. The molecule has 2 aliphatic rings. The second kappa shape index (κ2) is 6.71. The van der Waals surface area contributed by atoms with Crippen LogP contribution in [0.1, 0.15) is 42.6 Å². The molecule has 1 N–H and O–H groups in total. The molecule has 0 amide bonds. The number of rotatable bonds is 3. The van der Waals surface area contributed by atoms with E-state index in [4.69, 9.17) is 0 Å². The van der Waals surface area contributed by atoms with Gasteiger partial charge in [0.05, 0.1) is 0 Å². The van der Waals surface area contributed by atoms with Crippen molar-refractivity contribution in [3.05, 3.63) is 35.7 Å². The lowest BCUT2D eigenvalue weighted by Crippen LogP contribution is -2.40. The molecule has 1 fully saturated rings. The van der Waals surface area contributed by atoms with E-state index in [2.05, 4.69) is 30.2 Å². The maximum Gasteiger partial charge on any atom is 0.135 e. The highest BCUT2D eigenvalue weighted by Crippen LogP contribution is 2.29. The number of aryl methyl sites for hydroxylation is 2. The maximum atomic E-state index is 4.61. The van der Waals surface area contributed by atoms with E-state index >= 15 is 0 Å². The van der Waals surface area contributed by atoms with Crippen LogP contribution in [-0.2, 0) is 12.8 Å². The van der Waals surface area contributed by atoms with Crippen molar-refractivity contribution in [2.45, 2.75) is 51.5 Å². The molecule has 24 heavy (non-hydrogen) atoms. The number of nitrogens with one attached hydrogen (secondary N) is 1. The maximum absolute atomic E-state index is 4.61. The van der Waals surface area contributed by atoms with E-state index in [9.17, 15) is 0 Å². The molecule has 4 rings (SSSR count). The van der Waals surface area contributed by atoms with Gasteiger partial charge in [-0.3, -0.25) is 0 Å². The third-order valence-corrected chi connectivity index (χ3v) is 5.05. The van der Waals surface area contributed by atoms with Crippen molar-refractivity contribution in [2.24, 2.45) is 0 Å². The van der Waals surface area contributed by atoms with Crippen LogP contribution in [-0.4, -0.2) is 39.1 Å². The van der Waals surface area contributed by atoms with Crippen LogP contribution < -0.4 is 10.2 Å². The summed E-state index contributed by atoms with van der Waals surface area (Å²) >= 11 is 0. The summed E-state index contributed by atoms with van der Waals surface area (Å²) in [5.74, 6) is 2.11. The average Bonchev–Trinajstić information content (AvgIpc) is 2.62. The third-order valence-electron chi connectivity index (χ3n) is 5.05. The van der Waals surface area contributed by atoms with Gasteiger partial charge in [0.25, 0.3) is 0 Å². The fraction of sp³-hybridized carbons (Fsp3) is 0.556. The lowest BCUT2D eigenvalue weighted by Gasteiger charge is -2.35.